The molecular weight excluding hydrogens is 264 g/mol. The number of benzene rings is 1. The molecule has 0 bridgehead atoms. The van der Waals surface area contributed by atoms with Gasteiger partial charge in [-0.05, 0) is 36.6 Å². The highest BCUT2D eigenvalue weighted by molar-refractivity contribution is 5.92. The minimum Gasteiger partial charge on any atom is -0.326 e. The van der Waals surface area contributed by atoms with Crippen LogP contribution in [-0.2, 0) is 9.59 Å². The van der Waals surface area contributed by atoms with Crippen molar-refractivity contribution in [2.75, 3.05) is 10.6 Å². The first-order valence-corrected chi connectivity index (χ1v) is 7.81. The van der Waals surface area contributed by atoms with Crippen LogP contribution >= 0.6 is 0 Å². The molecule has 0 spiro atoms. The van der Waals surface area contributed by atoms with Crippen LogP contribution in [0.3, 0.4) is 0 Å². The highest BCUT2D eigenvalue weighted by atomic mass is 16.2. The summed E-state index contributed by atoms with van der Waals surface area (Å²) in [5.74, 6) is 0.707. The summed E-state index contributed by atoms with van der Waals surface area (Å²) in [6.07, 6.45) is 8.13. The third-order valence-electron chi connectivity index (χ3n) is 3.99. The summed E-state index contributed by atoms with van der Waals surface area (Å²) in [7, 11) is 0. The van der Waals surface area contributed by atoms with Gasteiger partial charge in [0.2, 0.25) is 11.8 Å². The van der Waals surface area contributed by atoms with Gasteiger partial charge >= 0.3 is 0 Å². The smallest absolute Gasteiger partial charge is 0.224 e. The number of carbonyl (C=O) groups is 2. The molecule has 0 aliphatic heterocycles. The molecule has 114 valence electrons. The lowest BCUT2D eigenvalue weighted by molar-refractivity contribution is -0.116. The molecule has 1 aliphatic carbocycles. The van der Waals surface area contributed by atoms with Crippen molar-refractivity contribution in [1.29, 1.82) is 0 Å². The van der Waals surface area contributed by atoms with E-state index >= 15 is 0 Å². The van der Waals surface area contributed by atoms with Crippen molar-refractivity contribution < 1.29 is 9.59 Å². The van der Waals surface area contributed by atoms with Gasteiger partial charge in [0.25, 0.3) is 0 Å². The van der Waals surface area contributed by atoms with Crippen molar-refractivity contribution in [2.24, 2.45) is 5.92 Å². The average Bonchev–Trinajstić information content (AvgIpc) is 2.48. The molecule has 0 aromatic heterocycles. The summed E-state index contributed by atoms with van der Waals surface area (Å²) in [6, 6.07) is 7.20. The maximum absolute atomic E-state index is 11.9. The van der Waals surface area contributed by atoms with Gasteiger partial charge in [0.15, 0.2) is 0 Å². The molecular formula is C17H24N2O2. The lowest BCUT2D eigenvalue weighted by Crippen LogP contribution is -2.15. The molecule has 1 aliphatic rings. The third kappa shape index (κ3) is 5.58. The molecule has 0 atom stereocenters. The molecule has 1 aromatic carbocycles. The van der Waals surface area contributed by atoms with Crippen molar-refractivity contribution in [3.05, 3.63) is 24.3 Å². The Morgan fingerprint density at radius 3 is 2.14 bits per heavy atom. The Hall–Kier alpha value is -1.84. The Morgan fingerprint density at radius 1 is 1.00 bits per heavy atom. The maximum Gasteiger partial charge on any atom is 0.224 e. The number of amides is 2. The van der Waals surface area contributed by atoms with Gasteiger partial charge in [0.05, 0.1) is 0 Å². The maximum atomic E-state index is 11.9. The van der Waals surface area contributed by atoms with Crippen LogP contribution < -0.4 is 10.6 Å². The van der Waals surface area contributed by atoms with Crippen molar-refractivity contribution in [2.45, 2.75) is 51.9 Å². The minimum atomic E-state index is -0.0979. The molecule has 21 heavy (non-hydrogen) atoms. The van der Waals surface area contributed by atoms with Crippen LogP contribution in [0.5, 0.6) is 0 Å². The summed E-state index contributed by atoms with van der Waals surface area (Å²) in [6.45, 7) is 1.47. The molecule has 0 unspecified atom stereocenters. The lowest BCUT2D eigenvalue weighted by atomic mass is 9.86. The minimum absolute atomic E-state index is 0.0767. The van der Waals surface area contributed by atoms with Gasteiger partial charge in [-0.3, -0.25) is 9.59 Å². The predicted octanol–water partition coefficient (Wildman–Crippen LogP) is 3.94. The molecule has 2 amide bonds. The lowest BCUT2D eigenvalue weighted by Gasteiger charge is -2.21. The highest BCUT2D eigenvalue weighted by Crippen LogP contribution is 2.27. The fourth-order valence-electron chi connectivity index (χ4n) is 2.87. The second-order valence-corrected chi connectivity index (χ2v) is 5.85. The van der Waals surface area contributed by atoms with Crippen LogP contribution in [0, 0.1) is 5.92 Å². The zero-order valence-corrected chi connectivity index (χ0v) is 12.7. The van der Waals surface area contributed by atoms with Crippen LogP contribution in [0.4, 0.5) is 11.4 Å². The third-order valence-corrected chi connectivity index (χ3v) is 3.99. The van der Waals surface area contributed by atoms with Crippen LogP contribution in [0.2, 0.25) is 0 Å². The Bertz CT molecular complexity index is 476. The van der Waals surface area contributed by atoms with E-state index in [9.17, 15) is 9.59 Å². The molecule has 4 nitrogen and oxygen atoms in total. The number of anilines is 2. The Labute approximate surface area is 126 Å². The molecule has 4 heteroatoms. The highest BCUT2D eigenvalue weighted by Gasteiger charge is 2.14. The van der Waals surface area contributed by atoms with Gasteiger partial charge in [0, 0.05) is 24.7 Å². The standard InChI is InChI=1S/C17H24N2O2/c1-13(20)18-15-8-10-16(11-9-15)19-17(21)12-7-14-5-3-2-4-6-14/h8-11,14H,2-7,12H2,1H3,(H,18,20)(H,19,21). The molecule has 1 fully saturated rings. The molecule has 0 heterocycles. The second kappa shape index (κ2) is 7.81. The van der Waals surface area contributed by atoms with Crippen LogP contribution in [-0.4, -0.2) is 11.8 Å². The van der Waals surface area contributed by atoms with Crippen LogP contribution in [0.15, 0.2) is 24.3 Å². The number of hydrogen-bond acceptors (Lipinski definition) is 2. The average molecular weight is 288 g/mol. The van der Waals surface area contributed by atoms with E-state index in [1.54, 1.807) is 12.1 Å². The second-order valence-electron chi connectivity index (χ2n) is 5.85. The largest absolute Gasteiger partial charge is 0.326 e. The van der Waals surface area contributed by atoms with E-state index in [0.29, 0.717) is 6.42 Å². The zero-order valence-electron chi connectivity index (χ0n) is 12.7. The van der Waals surface area contributed by atoms with E-state index in [2.05, 4.69) is 10.6 Å². The Kier molecular flexibility index (Phi) is 5.78. The van der Waals surface area contributed by atoms with Crippen molar-refractivity contribution in [3.63, 3.8) is 0 Å². The summed E-state index contributed by atoms with van der Waals surface area (Å²) in [5.41, 5.74) is 1.51. The fourth-order valence-corrected chi connectivity index (χ4v) is 2.87. The van der Waals surface area contributed by atoms with Crippen molar-refractivity contribution >= 4 is 23.2 Å². The number of hydrogen-bond donors (Lipinski definition) is 2. The van der Waals surface area contributed by atoms with Gasteiger partial charge < -0.3 is 10.6 Å². The Morgan fingerprint density at radius 2 is 1.57 bits per heavy atom. The van der Waals surface area contributed by atoms with Gasteiger partial charge in [-0.1, -0.05) is 32.1 Å². The van der Waals surface area contributed by atoms with E-state index in [1.165, 1.54) is 39.0 Å². The molecule has 0 saturated heterocycles. The summed E-state index contributed by atoms with van der Waals surface area (Å²) in [4.78, 5) is 22.9. The quantitative estimate of drug-likeness (QED) is 0.862. The number of nitrogens with one attached hydrogen (secondary N) is 2. The summed E-state index contributed by atoms with van der Waals surface area (Å²) < 4.78 is 0. The topological polar surface area (TPSA) is 58.2 Å². The van der Waals surface area contributed by atoms with Gasteiger partial charge in [-0.25, -0.2) is 0 Å². The molecule has 1 saturated carbocycles. The molecule has 0 radical (unpaired) electrons. The van der Waals surface area contributed by atoms with Gasteiger partial charge in [-0.15, -0.1) is 0 Å². The van der Waals surface area contributed by atoms with E-state index in [-0.39, 0.29) is 11.8 Å². The molecule has 2 N–H and O–H groups in total. The number of carbonyl (C=O) groups excluding carboxylic acids is 2. The monoisotopic (exact) mass is 288 g/mol. The van der Waals surface area contributed by atoms with Gasteiger partial charge in [-0.2, -0.15) is 0 Å². The number of rotatable bonds is 5. The first-order chi connectivity index (χ1) is 10.1. The van der Waals surface area contributed by atoms with E-state index < -0.39 is 0 Å². The van der Waals surface area contributed by atoms with Crippen molar-refractivity contribution in [3.8, 4) is 0 Å². The fraction of sp³-hybridized carbons (Fsp3) is 0.529. The van der Waals surface area contributed by atoms with Crippen LogP contribution in [0.1, 0.15) is 51.9 Å². The van der Waals surface area contributed by atoms with E-state index in [4.69, 9.17) is 0 Å². The van der Waals surface area contributed by atoms with Crippen LogP contribution in [0.25, 0.3) is 0 Å². The molecule has 1 aromatic rings. The van der Waals surface area contributed by atoms with E-state index in [0.717, 1.165) is 23.7 Å². The SMILES string of the molecule is CC(=O)Nc1ccc(NC(=O)CCC2CCCCC2)cc1. The molecule has 2 rings (SSSR count). The Balaban J connectivity index is 1.75. The zero-order chi connectivity index (χ0) is 15.1. The first-order valence-electron chi connectivity index (χ1n) is 7.81. The normalized spacial score (nSPS) is 15.5. The summed E-state index contributed by atoms with van der Waals surface area (Å²) >= 11 is 0. The first kappa shape index (κ1) is 15.5. The van der Waals surface area contributed by atoms with Crippen molar-refractivity contribution in [1.82, 2.24) is 0 Å². The van der Waals surface area contributed by atoms with Gasteiger partial charge in [0.1, 0.15) is 0 Å². The predicted molar refractivity (Wildman–Crippen MR) is 85.2 cm³/mol. The van der Waals surface area contributed by atoms with E-state index in [1.807, 2.05) is 12.1 Å². The summed E-state index contributed by atoms with van der Waals surface area (Å²) in [5, 5.41) is 5.61.